The van der Waals surface area contributed by atoms with Crippen molar-refractivity contribution in [1.82, 2.24) is 10.3 Å². The van der Waals surface area contributed by atoms with Crippen molar-refractivity contribution in [1.29, 1.82) is 0 Å². The first-order valence-electron chi connectivity index (χ1n) is 5.22. The molecule has 1 aromatic heterocycles. The van der Waals surface area contributed by atoms with Crippen molar-refractivity contribution >= 4 is 17.5 Å². The summed E-state index contributed by atoms with van der Waals surface area (Å²) in [4.78, 5) is 23.5. The molecule has 2 heterocycles. The molecular formula is C11H13N3O3. The van der Waals surface area contributed by atoms with Gasteiger partial charge in [0.2, 0.25) is 5.91 Å². The van der Waals surface area contributed by atoms with Crippen LogP contribution in [-0.4, -0.2) is 29.6 Å². The highest BCUT2D eigenvalue weighted by Gasteiger charge is 2.37. The van der Waals surface area contributed by atoms with E-state index in [0.29, 0.717) is 11.5 Å². The molecule has 1 aromatic rings. The fourth-order valence-corrected chi connectivity index (χ4v) is 1.70. The average Bonchev–Trinajstić information content (AvgIpc) is 2.86. The number of hydrogen-bond acceptors (Lipinski definition) is 4. The molecule has 90 valence electrons. The molecule has 0 fully saturated rings. The van der Waals surface area contributed by atoms with Crippen LogP contribution < -0.4 is 5.32 Å². The molecule has 0 radical (unpaired) electrons. The molecule has 1 aliphatic rings. The van der Waals surface area contributed by atoms with Gasteiger partial charge in [-0.25, -0.2) is 5.01 Å². The average molecular weight is 235 g/mol. The zero-order valence-corrected chi connectivity index (χ0v) is 9.64. The summed E-state index contributed by atoms with van der Waals surface area (Å²) in [6.07, 6.45) is 1.53. The Kier molecular flexibility index (Phi) is 2.95. The van der Waals surface area contributed by atoms with E-state index in [1.165, 1.54) is 18.3 Å². The zero-order chi connectivity index (χ0) is 12.4. The number of amides is 2. The molecule has 2 amide bonds. The third kappa shape index (κ3) is 2.20. The van der Waals surface area contributed by atoms with Gasteiger partial charge in [-0.2, -0.15) is 5.10 Å². The van der Waals surface area contributed by atoms with Crippen LogP contribution in [0.1, 0.15) is 12.7 Å². The summed E-state index contributed by atoms with van der Waals surface area (Å²) in [6, 6.07) is 3.49. The van der Waals surface area contributed by atoms with Gasteiger partial charge in [-0.15, -0.1) is 0 Å². The summed E-state index contributed by atoms with van der Waals surface area (Å²) in [5, 5.41) is 7.77. The van der Waals surface area contributed by atoms with Crippen molar-refractivity contribution in [2.75, 3.05) is 7.05 Å². The first kappa shape index (κ1) is 11.4. The lowest BCUT2D eigenvalue weighted by molar-refractivity contribution is -0.136. The standard InChI is InChI=1S/C11H13N3O3/c1-7-9(11(16)14(2)13-7)10(15)12-6-8-4-3-5-17-8/h3-5,9H,6H2,1-2H3,(H,12,15)/t9-/m0/s1. The van der Waals surface area contributed by atoms with Crippen LogP contribution in [0.4, 0.5) is 0 Å². The second kappa shape index (κ2) is 4.40. The Balaban J connectivity index is 1.97. The lowest BCUT2D eigenvalue weighted by atomic mass is 10.0. The summed E-state index contributed by atoms with van der Waals surface area (Å²) in [5.74, 6) is -0.821. The van der Waals surface area contributed by atoms with Crippen LogP contribution in [0.15, 0.2) is 27.9 Å². The Labute approximate surface area is 98.3 Å². The molecule has 0 aromatic carbocycles. The molecule has 1 atom stereocenters. The first-order chi connectivity index (χ1) is 8.09. The van der Waals surface area contributed by atoms with E-state index in [9.17, 15) is 9.59 Å². The number of carbonyl (C=O) groups is 2. The van der Waals surface area contributed by atoms with E-state index < -0.39 is 5.92 Å². The zero-order valence-electron chi connectivity index (χ0n) is 9.64. The molecule has 0 saturated carbocycles. The minimum atomic E-state index is -0.810. The van der Waals surface area contributed by atoms with E-state index in [2.05, 4.69) is 10.4 Å². The Hall–Kier alpha value is -2.11. The smallest absolute Gasteiger partial charge is 0.260 e. The van der Waals surface area contributed by atoms with Crippen molar-refractivity contribution in [3.8, 4) is 0 Å². The van der Waals surface area contributed by atoms with Crippen molar-refractivity contribution < 1.29 is 14.0 Å². The van der Waals surface area contributed by atoms with Gasteiger partial charge in [-0.3, -0.25) is 9.59 Å². The van der Waals surface area contributed by atoms with Gasteiger partial charge >= 0.3 is 0 Å². The molecule has 0 unspecified atom stereocenters. The molecule has 2 rings (SSSR count). The third-order valence-corrected chi connectivity index (χ3v) is 2.57. The van der Waals surface area contributed by atoms with Gasteiger partial charge in [-0.05, 0) is 19.1 Å². The first-order valence-corrected chi connectivity index (χ1v) is 5.22. The molecule has 0 spiro atoms. The molecule has 17 heavy (non-hydrogen) atoms. The maximum Gasteiger partial charge on any atom is 0.260 e. The summed E-state index contributed by atoms with van der Waals surface area (Å²) >= 11 is 0. The number of furan rings is 1. The van der Waals surface area contributed by atoms with Gasteiger partial charge in [-0.1, -0.05) is 0 Å². The van der Waals surface area contributed by atoms with E-state index in [1.54, 1.807) is 19.1 Å². The molecule has 6 nitrogen and oxygen atoms in total. The second-order valence-electron chi connectivity index (χ2n) is 3.83. The fourth-order valence-electron chi connectivity index (χ4n) is 1.70. The van der Waals surface area contributed by atoms with Crippen LogP contribution in [0.25, 0.3) is 0 Å². The van der Waals surface area contributed by atoms with E-state index in [-0.39, 0.29) is 18.4 Å². The van der Waals surface area contributed by atoms with Crippen LogP contribution >= 0.6 is 0 Å². The van der Waals surface area contributed by atoms with Crippen molar-refractivity contribution in [3.05, 3.63) is 24.2 Å². The monoisotopic (exact) mass is 235 g/mol. The molecule has 6 heteroatoms. The van der Waals surface area contributed by atoms with E-state index in [0.717, 1.165) is 0 Å². The van der Waals surface area contributed by atoms with Crippen LogP contribution in [0.5, 0.6) is 0 Å². The molecule has 1 N–H and O–H groups in total. The van der Waals surface area contributed by atoms with E-state index in [1.807, 2.05) is 0 Å². The quantitative estimate of drug-likeness (QED) is 0.768. The van der Waals surface area contributed by atoms with Crippen LogP contribution in [-0.2, 0) is 16.1 Å². The Morgan fingerprint density at radius 2 is 2.41 bits per heavy atom. The second-order valence-corrected chi connectivity index (χ2v) is 3.83. The maximum absolute atomic E-state index is 11.8. The van der Waals surface area contributed by atoms with Crippen molar-refractivity contribution in [3.63, 3.8) is 0 Å². The Bertz CT molecular complexity index is 464. The Morgan fingerprint density at radius 3 is 2.94 bits per heavy atom. The molecule has 1 aliphatic heterocycles. The van der Waals surface area contributed by atoms with Gasteiger partial charge in [0.1, 0.15) is 5.76 Å². The topological polar surface area (TPSA) is 74.9 Å². The predicted molar refractivity (Wildman–Crippen MR) is 59.9 cm³/mol. The number of rotatable bonds is 3. The highest BCUT2D eigenvalue weighted by molar-refractivity contribution is 6.21. The minimum absolute atomic E-state index is 0.270. The van der Waals surface area contributed by atoms with Crippen molar-refractivity contribution in [2.45, 2.75) is 13.5 Å². The van der Waals surface area contributed by atoms with Gasteiger partial charge in [0.05, 0.1) is 18.5 Å². The lowest BCUT2D eigenvalue weighted by Gasteiger charge is -2.09. The normalized spacial score (nSPS) is 19.4. The van der Waals surface area contributed by atoms with Crippen molar-refractivity contribution in [2.24, 2.45) is 11.0 Å². The predicted octanol–water partition coefficient (Wildman–Crippen LogP) is 0.360. The minimum Gasteiger partial charge on any atom is -0.467 e. The molecule has 0 bridgehead atoms. The number of carbonyl (C=O) groups excluding carboxylic acids is 2. The maximum atomic E-state index is 11.8. The van der Waals surface area contributed by atoms with E-state index in [4.69, 9.17) is 4.42 Å². The van der Waals surface area contributed by atoms with E-state index >= 15 is 0 Å². The number of hydrogen-bond donors (Lipinski definition) is 1. The summed E-state index contributed by atoms with van der Waals surface area (Å²) in [7, 11) is 1.53. The van der Waals surface area contributed by atoms with Gasteiger partial charge in [0, 0.05) is 7.05 Å². The van der Waals surface area contributed by atoms with Crippen LogP contribution in [0.2, 0.25) is 0 Å². The Morgan fingerprint density at radius 1 is 1.65 bits per heavy atom. The summed E-state index contributed by atoms with van der Waals surface area (Å²) < 4.78 is 5.08. The highest BCUT2D eigenvalue weighted by Crippen LogP contribution is 2.14. The van der Waals surface area contributed by atoms with Gasteiger partial charge in [0.25, 0.3) is 5.91 Å². The third-order valence-electron chi connectivity index (χ3n) is 2.57. The fraction of sp³-hybridized carbons (Fsp3) is 0.364. The van der Waals surface area contributed by atoms with Gasteiger partial charge < -0.3 is 9.73 Å². The largest absolute Gasteiger partial charge is 0.467 e. The highest BCUT2D eigenvalue weighted by atomic mass is 16.3. The summed E-state index contributed by atoms with van der Waals surface area (Å²) in [5.41, 5.74) is 0.509. The number of nitrogens with zero attached hydrogens (tertiary/aromatic N) is 2. The number of nitrogens with one attached hydrogen (secondary N) is 1. The summed E-state index contributed by atoms with van der Waals surface area (Å²) in [6.45, 7) is 1.94. The molecule has 0 aliphatic carbocycles. The SMILES string of the molecule is CC1=NN(C)C(=O)[C@@H]1C(=O)NCc1ccco1. The molecular weight excluding hydrogens is 222 g/mol. The van der Waals surface area contributed by atoms with Gasteiger partial charge in [0.15, 0.2) is 5.92 Å². The van der Waals surface area contributed by atoms with Crippen LogP contribution in [0.3, 0.4) is 0 Å². The molecule has 0 saturated heterocycles. The van der Waals surface area contributed by atoms with Crippen LogP contribution in [0, 0.1) is 5.92 Å². The lowest BCUT2D eigenvalue weighted by Crippen LogP contribution is -2.38. The number of hydrazone groups is 1.